The van der Waals surface area contributed by atoms with Crippen molar-refractivity contribution in [1.29, 1.82) is 0 Å². The summed E-state index contributed by atoms with van der Waals surface area (Å²) in [7, 11) is 0. The SMILES string of the molecule is c1ccc(CN(Cc2ccccn2)CC2CC2)nc1. The molecule has 0 N–H and O–H groups in total. The summed E-state index contributed by atoms with van der Waals surface area (Å²) in [5.74, 6) is 0.882. The maximum atomic E-state index is 4.43. The maximum absolute atomic E-state index is 4.43. The zero-order chi connectivity index (χ0) is 12.9. The molecule has 19 heavy (non-hydrogen) atoms. The lowest BCUT2D eigenvalue weighted by Crippen LogP contribution is -2.26. The predicted octanol–water partition coefficient (Wildman–Crippen LogP) is 2.89. The molecule has 1 fully saturated rings. The highest BCUT2D eigenvalue weighted by atomic mass is 15.1. The van der Waals surface area contributed by atoms with Gasteiger partial charge in [0.2, 0.25) is 0 Å². The van der Waals surface area contributed by atoms with Crippen LogP contribution in [0.3, 0.4) is 0 Å². The first kappa shape index (κ1) is 12.3. The Bertz CT molecular complexity index is 452. The fourth-order valence-corrected chi connectivity index (χ4v) is 2.29. The van der Waals surface area contributed by atoms with E-state index in [9.17, 15) is 0 Å². The minimum absolute atomic E-state index is 0.882. The zero-order valence-corrected chi connectivity index (χ0v) is 11.1. The van der Waals surface area contributed by atoms with Crippen LogP contribution in [0.1, 0.15) is 24.2 Å². The number of rotatable bonds is 6. The van der Waals surface area contributed by atoms with Crippen molar-refractivity contribution < 1.29 is 0 Å². The lowest BCUT2D eigenvalue weighted by molar-refractivity contribution is 0.240. The van der Waals surface area contributed by atoms with Gasteiger partial charge in [-0.05, 0) is 43.0 Å². The van der Waals surface area contributed by atoms with Crippen LogP contribution in [0.25, 0.3) is 0 Å². The number of aromatic nitrogens is 2. The van der Waals surface area contributed by atoms with Crippen LogP contribution < -0.4 is 0 Å². The van der Waals surface area contributed by atoms with Gasteiger partial charge in [0.15, 0.2) is 0 Å². The van der Waals surface area contributed by atoms with Crippen LogP contribution in [-0.2, 0) is 13.1 Å². The smallest absolute Gasteiger partial charge is 0.0544 e. The van der Waals surface area contributed by atoms with Crippen molar-refractivity contribution in [2.45, 2.75) is 25.9 Å². The lowest BCUT2D eigenvalue weighted by Gasteiger charge is -2.21. The Labute approximate surface area is 114 Å². The van der Waals surface area contributed by atoms with Crippen LogP contribution >= 0.6 is 0 Å². The van der Waals surface area contributed by atoms with E-state index in [1.165, 1.54) is 12.8 Å². The van der Waals surface area contributed by atoms with E-state index in [0.29, 0.717) is 0 Å². The second-order valence-corrected chi connectivity index (χ2v) is 5.26. The standard InChI is InChI=1S/C16H19N3/c1-3-9-17-15(5-1)12-19(11-14-7-8-14)13-16-6-2-4-10-18-16/h1-6,9-10,14H,7-8,11-13H2. The van der Waals surface area contributed by atoms with Crippen molar-refractivity contribution in [2.75, 3.05) is 6.54 Å². The molecule has 0 saturated heterocycles. The molecular formula is C16H19N3. The summed E-state index contributed by atoms with van der Waals surface area (Å²) in [6.07, 6.45) is 6.48. The first-order chi connectivity index (χ1) is 9.40. The van der Waals surface area contributed by atoms with Gasteiger partial charge in [-0.15, -0.1) is 0 Å². The third-order valence-electron chi connectivity index (χ3n) is 3.44. The third kappa shape index (κ3) is 3.86. The van der Waals surface area contributed by atoms with Gasteiger partial charge >= 0.3 is 0 Å². The molecule has 0 amide bonds. The van der Waals surface area contributed by atoms with Gasteiger partial charge in [-0.1, -0.05) is 12.1 Å². The molecule has 2 heterocycles. The van der Waals surface area contributed by atoms with Gasteiger partial charge in [-0.3, -0.25) is 14.9 Å². The number of nitrogens with zero attached hydrogens (tertiary/aromatic N) is 3. The highest BCUT2D eigenvalue weighted by Gasteiger charge is 2.24. The molecule has 0 aliphatic heterocycles. The van der Waals surface area contributed by atoms with E-state index in [1.807, 2.05) is 24.5 Å². The summed E-state index contributed by atoms with van der Waals surface area (Å²) in [4.78, 5) is 11.3. The third-order valence-corrected chi connectivity index (χ3v) is 3.44. The molecule has 0 bridgehead atoms. The molecule has 98 valence electrons. The first-order valence-electron chi connectivity index (χ1n) is 6.92. The average Bonchev–Trinajstić information content (AvgIpc) is 3.25. The summed E-state index contributed by atoms with van der Waals surface area (Å²) in [6, 6.07) is 12.2. The van der Waals surface area contributed by atoms with Crippen LogP contribution in [0.15, 0.2) is 48.8 Å². The molecule has 3 nitrogen and oxygen atoms in total. The molecule has 1 aliphatic carbocycles. The Morgan fingerprint density at radius 2 is 1.47 bits per heavy atom. The van der Waals surface area contributed by atoms with Crippen LogP contribution in [0.2, 0.25) is 0 Å². The highest BCUT2D eigenvalue weighted by Crippen LogP contribution is 2.30. The Hall–Kier alpha value is -1.74. The molecule has 0 atom stereocenters. The molecule has 0 radical (unpaired) electrons. The monoisotopic (exact) mass is 253 g/mol. The largest absolute Gasteiger partial charge is 0.291 e. The first-order valence-corrected chi connectivity index (χ1v) is 6.92. The van der Waals surface area contributed by atoms with Crippen molar-refractivity contribution in [2.24, 2.45) is 5.92 Å². The molecule has 2 aromatic heterocycles. The summed E-state index contributed by atoms with van der Waals surface area (Å²) >= 11 is 0. The summed E-state index contributed by atoms with van der Waals surface area (Å²) in [5, 5.41) is 0. The van der Waals surface area contributed by atoms with Gasteiger partial charge in [-0.2, -0.15) is 0 Å². The summed E-state index contributed by atoms with van der Waals surface area (Å²) in [5.41, 5.74) is 2.28. The van der Waals surface area contributed by atoms with E-state index < -0.39 is 0 Å². The van der Waals surface area contributed by atoms with Crippen LogP contribution in [0.4, 0.5) is 0 Å². The number of hydrogen-bond acceptors (Lipinski definition) is 3. The molecule has 1 aliphatic rings. The van der Waals surface area contributed by atoms with Gasteiger partial charge < -0.3 is 0 Å². The minimum Gasteiger partial charge on any atom is -0.291 e. The van der Waals surface area contributed by atoms with Gasteiger partial charge in [0.25, 0.3) is 0 Å². The lowest BCUT2D eigenvalue weighted by atomic mass is 10.2. The molecule has 3 heteroatoms. The Balaban J connectivity index is 1.66. The van der Waals surface area contributed by atoms with E-state index in [-0.39, 0.29) is 0 Å². The summed E-state index contributed by atoms with van der Waals surface area (Å²) < 4.78 is 0. The molecule has 0 aromatic carbocycles. The second kappa shape index (κ2) is 5.93. The molecule has 0 spiro atoms. The second-order valence-electron chi connectivity index (χ2n) is 5.26. The summed E-state index contributed by atoms with van der Waals surface area (Å²) in [6.45, 7) is 2.98. The van der Waals surface area contributed by atoms with Crippen LogP contribution in [0.5, 0.6) is 0 Å². The van der Waals surface area contributed by atoms with E-state index in [0.717, 1.165) is 36.9 Å². The van der Waals surface area contributed by atoms with Crippen molar-refractivity contribution in [3.63, 3.8) is 0 Å². The Morgan fingerprint density at radius 1 is 0.895 bits per heavy atom. The van der Waals surface area contributed by atoms with Crippen LogP contribution in [-0.4, -0.2) is 21.4 Å². The van der Waals surface area contributed by atoms with Gasteiger partial charge in [0, 0.05) is 32.0 Å². The van der Waals surface area contributed by atoms with Crippen molar-refractivity contribution in [3.05, 3.63) is 60.2 Å². The fraction of sp³-hybridized carbons (Fsp3) is 0.375. The fourth-order valence-electron chi connectivity index (χ4n) is 2.29. The topological polar surface area (TPSA) is 29.0 Å². The molecule has 2 aromatic rings. The molecule has 3 rings (SSSR count). The Kier molecular flexibility index (Phi) is 3.84. The van der Waals surface area contributed by atoms with E-state index in [2.05, 4.69) is 39.1 Å². The Morgan fingerprint density at radius 3 is 1.89 bits per heavy atom. The minimum atomic E-state index is 0.882. The van der Waals surface area contributed by atoms with Crippen molar-refractivity contribution in [3.8, 4) is 0 Å². The predicted molar refractivity (Wildman–Crippen MR) is 75.3 cm³/mol. The van der Waals surface area contributed by atoms with Gasteiger partial charge in [0.1, 0.15) is 0 Å². The van der Waals surface area contributed by atoms with Gasteiger partial charge in [0.05, 0.1) is 11.4 Å². The van der Waals surface area contributed by atoms with E-state index >= 15 is 0 Å². The normalized spacial score (nSPS) is 14.8. The molecule has 1 saturated carbocycles. The highest BCUT2D eigenvalue weighted by molar-refractivity contribution is 5.06. The van der Waals surface area contributed by atoms with Crippen molar-refractivity contribution in [1.82, 2.24) is 14.9 Å². The maximum Gasteiger partial charge on any atom is 0.0544 e. The van der Waals surface area contributed by atoms with Crippen molar-refractivity contribution >= 4 is 0 Å². The van der Waals surface area contributed by atoms with Crippen LogP contribution in [0, 0.1) is 5.92 Å². The van der Waals surface area contributed by atoms with E-state index in [4.69, 9.17) is 0 Å². The molecular weight excluding hydrogens is 234 g/mol. The number of pyridine rings is 2. The molecule has 0 unspecified atom stereocenters. The van der Waals surface area contributed by atoms with Gasteiger partial charge in [-0.25, -0.2) is 0 Å². The quantitative estimate of drug-likeness (QED) is 0.792. The average molecular weight is 253 g/mol. The number of hydrogen-bond donors (Lipinski definition) is 0. The van der Waals surface area contributed by atoms with E-state index in [1.54, 1.807) is 0 Å². The zero-order valence-electron chi connectivity index (χ0n) is 11.1.